The van der Waals surface area contributed by atoms with E-state index < -0.39 is 0 Å². The summed E-state index contributed by atoms with van der Waals surface area (Å²) in [5.41, 5.74) is 1.63. The van der Waals surface area contributed by atoms with Crippen molar-refractivity contribution in [3.8, 4) is 0 Å². The Balaban J connectivity index is 0.000000500. The van der Waals surface area contributed by atoms with E-state index in [4.69, 9.17) is 14.3 Å². The molecule has 0 spiro atoms. The average molecular weight is 198 g/mol. The summed E-state index contributed by atoms with van der Waals surface area (Å²) in [6.07, 6.45) is 5.94. The van der Waals surface area contributed by atoms with Gasteiger partial charge >= 0.3 is 0 Å². The first-order valence-electron chi connectivity index (χ1n) is 4.75. The molecule has 0 atom stereocenters. The van der Waals surface area contributed by atoms with Crippen LogP contribution in [0.5, 0.6) is 0 Å². The van der Waals surface area contributed by atoms with Crippen LogP contribution in [0, 0.1) is 0 Å². The third-order valence-corrected chi connectivity index (χ3v) is 2.78. The van der Waals surface area contributed by atoms with E-state index in [2.05, 4.69) is 26.8 Å². The summed E-state index contributed by atoms with van der Waals surface area (Å²) in [6, 6.07) is 2.06. The fraction of sp³-hybridized carbons (Fsp3) is 0.545. The van der Waals surface area contributed by atoms with Gasteiger partial charge in [0, 0.05) is 0 Å². The van der Waals surface area contributed by atoms with Gasteiger partial charge in [-0.2, -0.15) is 0 Å². The van der Waals surface area contributed by atoms with Gasteiger partial charge in [-0.05, 0) is 29.9 Å². The van der Waals surface area contributed by atoms with Gasteiger partial charge in [-0.25, -0.2) is 0 Å². The predicted molar refractivity (Wildman–Crippen MR) is 55.3 cm³/mol. The zero-order valence-corrected chi connectivity index (χ0v) is 8.99. The summed E-state index contributed by atoms with van der Waals surface area (Å²) < 4.78 is 5.06. The van der Waals surface area contributed by atoms with E-state index in [-0.39, 0.29) is 6.47 Å². The smallest absolute Gasteiger partial charge is 0.290 e. The minimum absolute atomic E-state index is 0.250. The zero-order chi connectivity index (χ0) is 11.0. The van der Waals surface area contributed by atoms with Crippen molar-refractivity contribution >= 4 is 6.47 Å². The maximum Gasteiger partial charge on any atom is 0.290 e. The molecule has 0 radical (unpaired) electrons. The molecule has 1 rings (SSSR count). The predicted octanol–water partition coefficient (Wildman–Crippen LogP) is 3.06. The van der Waals surface area contributed by atoms with Crippen LogP contribution in [0.2, 0.25) is 0 Å². The second kappa shape index (κ2) is 6.24. The molecule has 80 valence electrons. The molecule has 1 N–H and O–H groups in total. The molecule has 0 aliphatic heterocycles. The van der Waals surface area contributed by atoms with Crippen LogP contribution in [-0.4, -0.2) is 11.6 Å². The van der Waals surface area contributed by atoms with Crippen molar-refractivity contribution < 1.29 is 14.3 Å². The zero-order valence-electron chi connectivity index (χ0n) is 8.99. The number of carboxylic acid groups (broad SMARTS) is 1. The van der Waals surface area contributed by atoms with Gasteiger partial charge in [-0.3, -0.25) is 4.79 Å². The molecule has 0 fully saturated rings. The van der Waals surface area contributed by atoms with E-state index in [0.29, 0.717) is 5.41 Å². The van der Waals surface area contributed by atoms with Crippen LogP contribution in [0.25, 0.3) is 0 Å². The molecule has 14 heavy (non-hydrogen) atoms. The van der Waals surface area contributed by atoms with Crippen molar-refractivity contribution in [1.29, 1.82) is 0 Å². The summed E-state index contributed by atoms with van der Waals surface area (Å²) in [7, 11) is 0. The highest BCUT2D eigenvalue weighted by atomic mass is 16.3. The molecular weight excluding hydrogens is 180 g/mol. The van der Waals surface area contributed by atoms with Crippen LogP contribution in [0.1, 0.15) is 39.2 Å². The minimum Gasteiger partial charge on any atom is -0.483 e. The van der Waals surface area contributed by atoms with Crippen molar-refractivity contribution in [2.45, 2.75) is 39.0 Å². The van der Waals surface area contributed by atoms with Gasteiger partial charge in [0.25, 0.3) is 6.47 Å². The second-order valence-corrected chi connectivity index (χ2v) is 3.39. The normalized spacial score (nSPS) is 10.2. The van der Waals surface area contributed by atoms with Crippen LogP contribution in [0.15, 0.2) is 23.0 Å². The van der Waals surface area contributed by atoms with E-state index in [1.165, 1.54) is 18.4 Å². The topological polar surface area (TPSA) is 50.4 Å². The number of hydrogen-bond donors (Lipinski definition) is 1. The maximum atomic E-state index is 8.36. The molecule has 3 heteroatoms. The Morgan fingerprint density at radius 3 is 2.29 bits per heavy atom. The quantitative estimate of drug-likeness (QED) is 0.759. The fourth-order valence-electron chi connectivity index (χ4n) is 1.27. The highest BCUT2D eigenvalue weighted by Gasteiger charge is 2.22. The van der Waals surface area contributed by atoms with Crippen LogP contribution in [-0.2, 0) is 10.2 Å². The third-order valence-electron chi connectivity index (χ3n) is 2.78. The second-order valence-electron chi connectivity index (χ2n) is 3.39. The molecule has 0 aliphatic carbocycles. The van der Waals surface area contributed by atoms with Gasteiger partial charge < -0.3 is 9.52 Å². The van der Waals surface area contributed by atoms with Crippen LogP contribution < -0.4 is 0 Å². The largest absolute Gasteiger partial charge is 0.483 e. The SMILES string of the molecule is CCC(C)(CC)c1ccoc1.O=CO. The monoisotopic (exact) mass is 198 g/mol. The lowest BCUT2D eigenvalue weighted by Gasteiger charge is -2.24. The summed E-state index contributed by atoms with van der Waals surface area (Å²) in [6.45, 7) is 6.46. The highest BCUT2D eigenvalue weighted by molar-refractivity contribution is 5.32. The summed E-state index contributed by atoms with van der Waals surface area (Å²) in [5.74, 6) is 0. The molecule has 0 amide bonds. The molecule has 3 nitrogen and oxygen atoms in total. The Bertz CT molecular complexity index is 235. The first-order chi connectivity index (χ1) is 6.64. The lowest BCUT2D eigenvalue weighted by atomic mass is 9.79. The van der Waals surface area contributed by atoms with Gasteiger partial charge in [0.15, 0.2) is 0 Å². The Labute approximate surface area is 84.7 Å². The molecule has 1 heterocycles. The molecule has 0 unspecified atom stereocenters. The Kier molecular flexibility index (Phi) is 5.68. The van der Waals surface area contributed by atoms with E-state index in [1.807, 2.05) is 6.26 Å². The van der Waals surface area contributed by atoms with Gasteiger partial charge in [-0.15, -0.1) is 0 Å². The van der Waals surface area contributed by atoms with Crippen LogP contribution >= 0.6 is 0 Å². The first-order valence-corrected chi connectivity index (χ1v) is 4.75. The standard InChI is InChI=1S/C10H16O.CH2O2/c1-4-10(3,5-2)9-6-7-11-8-9;2-1-3/h6-8H,4-5H2,1-3H3;1H,(H,2,3). The molecule has 1 aromatic rings. The van der Waals surface area contributed by atoms with Crippen LogP contribution in [0.4, 0.5) is 0 Å². The molecule has 0 aromatic carbocycles. The minimum atomic E-state index is -0.250. The average Bonchev–Trinajstić information content (AvgIpc) is 2.71. The number of furan rings is 1. The van der Waals surface area contributed by atoms with Gasteiger partial charge in [0.2, 0.25) is 0 Å². The third kappa shape index (κ3) is 3.24. The molecule has 0 saturated heterocycles. The fourth-order valence-corrected chi connectivity index (χ4v) is 1.27. The van der Waals surface area contributed by atoms with E-state index >= 15 is 0 Å². The first kappa shape index (κ1) is 12.8. The van der Waals surface area contributed by atoms with E-state index in [1.54, 1.807) is 6.26 Å². The van der Waals surface area contributed by atoms with Crippen molar-refractivity contribution in [3.63, 3.8) is 0 Å². The van der Waals surface area contributed by atoms with Gasteiger partial charge in [-0.1, -0.05) is 20.8 Å². The van der Waals surface area contributed by atoms with Crippen LogP contribution in [0.3, 0.4) is 0 Å². The Hall–Kier alpha value is -1.25. The van der Waals surface area contributed by atoms with E-state index in [9.17, 15) is 0 Å². The maximum absolute atomic E-state index is 8.36. The molecule has 0 aliphatic rings. The lowest BCUT2D eigenvalue weighted by molar-refractivity contribution is -0.122. The van der Waals surface area contributed by atoms with E-state index in [0.717, 1.165) is 0 Å². The van der Waals surface area contributed by atoms with Crippen molar-refractivity contribution in [1.82, 2.24) is 0 Å². The molecule has 0 saturated carbocycles. The van der Waals surface area contributed by atoms with Gasteiger partial charge in [0.05, 0.1) is 12.5 Å². The molecular formula is C11H18O3. The molecule has 1 aromatic heterocycles. The van der Waals surface area contributed by atoms with Crippen molar-refractivity contribution in [2.75, 3.05) is 0 Å². The summed E-state index contributed by atoms with van der Waals surface area (Å²) in [5, 5.41) is 6.89. The highest BCUT2D eigenvalue weighted by Crippen LogP contribution is 2.30. The summed E-state index contributed by atoms with van der Waals surface area (Å²) in [4.78, 5) is 8.36. The Morgan fingerprint density at radius 2 is 2.00 bits per heavy atom. The van der Waals surface area contributed by atoms with Gasteiger partial charge in [0.1, 0.15) is 0 Å². The number of carbonyl (C=O) groups is 1. The molecule has 0 bridgehead atoms. The number of hydrogen-bond acceptors (Lipinski definition) is 2. The van der Waals surface area contributed by atoms with Crippen molar-refractivity contribution in [3.05, 3.63) is 24.2 Å². The summed E-state index contributed by atoms with van der Waals surface area (Å²) >= 11 is 0. The van der Waals surface area contributed by atoms with Crippen molar-refractivity contribution in [2.24, 2.45) is 0 Å². The Morgan fingerprint density at radius 1 is 1.50 bits per heavy atom. The lowest BCUT2D eigenvalue weighted by Crippen LogP contribution is -2.18. The number of rotatable bonds is 3.